The Bertz CT molecular complexity index is 99.7. The van der Waals surface area contributed by atoms with Gasteiger partial charge >= 0.3 is 0 Å². The normalized spacial score (nSPS) is 11.0. The van der Waals surface area contributed by atoms with Crippen molar-refractivity contribution in [1.29, 1.82) is 0 Å². The zero-order valence-electron chi connectivity index (χ0n) is 6.66. The molecule has 5 N–H and O–H groups in total. The van der Waals surface area contributed by atoms with E-state index in [9.17, 15) is 4.79 Å². The van der Waals surface area contributed by atoms with Crippen LogP contribution in [0.1, 0.15) is 13.8 Å². The van der Waals surface area contributed by atoms with Gasteiger partial charge in [0.05, 0.1) is 6.04 Å². The van der Waals surface area contributed by atoms with Gasteiger partial charge in [-0.1, -0.05) is 0 Å². The summed E-state index contributed by atoms with van der Waals surface area (Å²) in [5.74, 6) is -0.0903. The highest BCUT2D eigenvalue weighted by atomic mass is 31.1. The van der Waals surface area contributed by atoms with Gasteiger partial charge in [0.25, 0.3) is 0 Å². The molecule has 1 atom stereocenters. The number of rotatable bonds is 2. The van der Waals surface area contributed by atoms with Crippen LogP contribution in [0.5, 0.6) is 0 Å². The third-order valence-electron chi connectivity index (χ3n) is 0.765. The molecule has 0 aromatic carbocycles. The Morgan fingerprint density at radius 3 is 2.18 bits per heavy atom. The highest BCUT2D eigenvalue weighted by Crippen LogP contribution is 1.81. The Morgan fingerprint density at radius 2 is 2.09 bits per heavy atom. The van der Waals surface area contributed by atoms with Gasteiger partial charge in [-0.2, -0.15) is 0 Å². The van der Waals surface area contributed by atoms with Crippen molar-refractivity contribution in [3.05, 3.63) is 0 Å². The third-order valence-corrected chi connectivity index (χ3v) is 0.765. The number of carbonyl (C=O) groups is 1. The number of likely N-dealkylation sites (N-methyl/N-ethyl adjacent to an activating group) is 1. The van der Waals surface area contributed by atoms with Crippen LogP contribution in [-0.4, -0.2) is 28.3 Å². The number of nitrogens with one attached hydrogen (secondary N) is 1. The summed E-state index contributed by atoms with van der Waals surface area (Å²) in [5, 5.41) is 2.58. The number of hydrogen-bond acceptors (Lipinski definition) is 4. The largest absolute Gasteiger partial charge is 0.355 e. The fourth-order valence-corrected chi connectivity index (χ4v) is 0.335. The first-order valence-corrected chi connectivity index (χ1v) is 4.06. The van der Waals surface area contributed by atoms with Gasteiger partial charge in [-0.15, -0.1) is 0 Å². The monoisotopic (exact) mass is 182 g/mol. The molecule has 0 bridgehead atoms. The maximum Gasteiger partial charge on any atom is 0.236 e. The lowest BCUT2D eigenvalue weighted by molar-refractivity contribution is -0.121. The van der Waals surface area contributed by atoms with Crippen molar-refractivity contribution in [3.63, 3.8) is 0 Å². The van der Waals surface area contributed by atoms with E-state index in [2.05, 4.69) is 5.32 Å². The molecule has 0 aliphatic rings. The summed E-state index contributed by atoms with van der Waals surface area (Å²) in [6.07, 6.45) is 0. The molecule has 0 saturated carbocycles. The zero-order valence-corrected chi connectivity index (χ0v) is 7.66. The van der Waals surface area contributed by atoms with Crippen molar-refractivity contribution in [2.45, 2.75) is 19.9 Å². The van der Waals surface area contributed by atoms with Gasteiger partial charge < -0.3 is 20.8 Å². The molecule has 6 heteroatoms. The Morgan fingerprint density at radius 1 is 1.73 bits per heavy atom. The predicted octanol–water partition coefficient (Wildman–Crippen LogP) is -1.05. The summed E-state index contributed by atoms with van der Waals surface area (Å²) >= 11 is 0. The Balaban J connectivity index is 0. The van der Waals surface area contributed by atoms with Gasteiger partial charge in [0.2, 0.25) is 5.91 Å². The summed E-state index contributed by atoms with van der Waals surface area (Å²) in [5.41, 5.74) is 5.21. The van der Waals surface area contributed by atoms with Gasteiger partial charge in [-0.05, 0) is 13.8 Å². The average molecular weight is 182 g/mol. The number of carbonyl (C=O) groups excluding carboxylic acids is 1. The molecule has 0 aliphatic carbocycles. The van der Waals surface area contributed by atoms with E-state index in [-0.39, 0.29) is 11.9 Å². The number of amides is 1. The summed E-state index contributed by atoms with van der Waals surface area (Å²) in [6, 6.07) is -0.380. The lowest BCUT2D eigenvalue weighted by Crippen LogP contribution is -2.37. The van der Waals surface area contributed by atoms with E-state index in [1.165, 1.54) is 0 Å². The van der Waals surface area contributed by atoms with Crippen LogP contribution in [0, 0.1) is 0 Å². The highest BCUT2D eigenvalue weighted by Gasteiger charge is 2.02. The number of nitrogens with two attached hydrogens (primary N) is 1. The van der Waals surface area contributed by atoms with Crippen LogP contribution in [0.15, 0.2) is 0 Å². The van der Waals surface area contributed by atoms with Gasteiger partial charge in [-0.25, -0.2) is 0 Å². The topological polar surface area (TPSA) is 95.6 Å². The van der Waals surface area contributed by atoms with E-state index >= 15 is 0 Å². The predicted molar refractivity (Wildman–Crippen MR) is 45.1 cm³/mol. The zero-order chi connectivity index (χ0) is 9.28. The molecule has 0 rings (SSSR count). The lowest BCUT2D eigenvalue weighted by Gasteiger charge is -2.02. The molecule has 0 saturated heterocycles. The molecule has 5 nitrogen and oxygen atoms in total. The van der Waals surface area contributed by atoms with E-state index in [4.69, 9.17) is 15.5 Å². The maximum atomic E-state index is 10.5. The Hall–Kier alpha value is -0.220. The molecule has 0 aliphatic heterocycles. The second-order valence-electron chi connectivity index (χ2n) is 1.78. The highest BCUT2D eigenvalue weighted by molar-refractivity contribution is 7.23. The van der Waals surface area contributed by atoms with Crippen molar-refractivity contribution < 1.29 is 14.6 Å². The summed E-state index contributed by atoms with van der Waals surface area (Å²) in [7, 11) is -0.917. The maximum absolute atomic E-state index is 10.5. The first kappa shape index (κ1) is 13.4. The van der Waals surface area contributed by atoms with Crippen LogP contribution in [-0.2, 0) is 4.79 Å². The first-order chi connectivity index (χ1) is 5.09. The molecule has 0 unspecified atom stereocenters. The Labute approximate surface area is 67.9 Å². The van der Waals surface area contributed by atoms with Gasteiger partial charge in [0.1, 0.15) is 9.03 Å². The molecular weight excluding hydrogens is 167 g/mol. The van der Waals surface area contributed by atoms with Crippen LogP contribution >= 0.6 is 9.03 Å². The van der Waals surface area contributed by atoms with Crippen molar-refractivity contribution in [1.82, 2.24) is 5.32 Å². The minimum atomic E-state index is -0.917. The van der Waals surface area contributed by atoms with Crippen LogP contribution in [0.2, 0.25) is 0 Å². The first-order valence-electron chi connectivity index (χ1n) is 3.16. The quantitative estimate of drug-likeness (QED) is 0.410. The molecule has 0 aromatic heterocycles. The fourth-order valence-electron chi connectivity index (χ4n) is 0.335. The van der Waals surface area contributed by atoms with Crippen molar-refractivity contribution >= 4 is 14.9 Å². The van der Waals surface area contributed by atoms with Crippen LogP contribution in [0.3, 0.4) is 0 Å². The van der Waals surface area contributed by atoms with Gasteiger partial charge in [0, 0.05) is 6.54 Å². The summed E-state index contributed by atoms with van der Waals surface area (Å²) in [4.78, 5) is 24.8. The standard InChI is InChI=1S/C5H12N2O.H3O2P/c1-3-7-5(8)4(2)6;1-3-2/h4H,3,6H2,1-2H3,(H,7,8);1-3H/t4-;/m0./s1. The molecule has 68 valence electrons. The Kier molecular flexibility index (Phi) is 11.9. The van der Waals surface area contributed by atoms with E-state index < -0.39 is 9.03 Å². The molecule has 0 spiro atoms. The molecule has 11 heavy (non-hydrogen) atoms. The molecular formula is C5H15N2O3P. The van der Waals surface area contributed by atoms with E-state index in [0.29, 0.717) is 6.54 Å². The van der Waals surface area contributed by atoms with Crippen molar-refractivity contribution in [2.75, 3.05) is 6.54 Å². The second-order valence-corrected chi connectivity index (χ2v) is 1.98. The van der Waals surface area contributed by atoms with E-state index in [1.54, 1.807) is 6.92 Å². The average Bonchev–Trinajstić information content (AvgIpc) is 1.90. The van der Waals surface area contributed by atoms with Crippen molar-refractivity contribution in [2.24, 2.45) is 5.73 Å². The van der Waals surface area contributed by atoms with Crippen LogP contribution in [0.4, 0.5) is 0 Å². The van der Waals surface area contributed by atoms with Crippen LogP contribution < -0.4 is 11.1 Å². The SMILES string of the molecule is CCNC(=O)[C@H](C)N.OPO. The van der Waals surface area contributed by atoms with E-state index in [1.807, 2.05) is 6.92 Å². The number of hydrogen-bond donors (Lipinski definition) is 4. The molecule has 0 aromatic rings. The van der Waals surface area contributed by atoms with Crippen molar-refractivity contribution in [3.8, 4) is 0 Å². The third kappa shape index (κ3) is 12.9. The molecule has 1 amide bonds. The fraction of sp³-hybridized carbons (Fsp3) is 0.800. The lowest BCUT2D eigenvalue weighted by atomic mass is 10.3. The molecule has 0 fully saturated rings. The van der Waals surface area contributed by atoms with E-state index in [0.717, 1.165) is 0 Å². The van der Waals surface area contributed by atoms with Crippen LogP contribution in [0.25, 0.3) is 0 Å². The summed E-state index contributed by atoms with van der Waals surface area (Å²) in [6.45, 7) is 4.17. The smallest absolute Gasteiger partial charge is 0.236 e. The second kappa shape index (κ2) is 9.78. The van der Waals surface area contributed by atoms with Gasteiger partial charge in [0.15, 0.2) is 0 Å². The minimum absolute atomic E-state index is 0.0903. The minimum Gasteiger partial charge on any atom is -0.355 e. The molecule has 0 radical (unpaired) electrons. The summed E-state index contributed by atoms with van der Waals surface area (Å²) < 4.78 is 0. The van der Waals surface area contributed by atoms with Gasteiger partial charge in [-0.3, -0.25) is 4.79 Å². The molecule has 0 heterocycles.